The molecule has 0 radical (unpaired) electrons. The first-order valence-electron chi connectivity index (χ1n) is 10.3. The van der Waals surface area contributed by atoms with Crippen LogP contribution in [0.5, 0.6) is 0 Å². The van der Waals surface area contributed by atoms with E-state index in [0.717, 1.165) is 38.8 Å². The van der Waals surface area contributed by atoms with Gasteiger partial charge in [0.1, 0.15) is 5.60 Å². The van der Waals surface area contributed by atoms with Crippen LogP contribution in [0.1, 0.15) is 58.8 Å². The lowest BCUT2D eigenvalue weighted by Gasteiger charge is -2.39. The number of rotatable bonds is 5. The van der Waals surface area contributed by atoms with E-state index in [-0.39, 0.29) is 17.6 Å². The second-order valence-electron chi connectivity index (χ2n) is 8.87. The van der Waals surface area contributed by atoms with Crippen LogP contribution >= 0.6 is 0 Å². The monoisotopic (exact) mass is 365 g/mol. The maximum atomic E-state index is 12.7. The van der Waals surface area contributed by atoms with Gasteiger partial charge in [0.2, 0.25) is 5.91 Å². The molecule has 3 aliphatic rings. The van der Waals surface area contributed by atoms with Gasteiger partial charge in [-0.3, -0.25) is 4.79 Å². The van der Waals surface area contributed by atoms with E-state index in [1.807, 2.05) is 9.80 Å². The molecule has 3 aliphatic heterocycles. The van der Waals surface area contributed by atoms with Crippen molar-refractivity contribution in [1.29, 1.82) is 0 Å². The normalized spacial score (nSPS) is 26.6. The number of nitrogens with zero attached hydrogens (tertiary/aromatic N) is 3. The molecular formula is C20H35N3O3. The molecule has 0 aromatic heterocycles. The van der Waals surface area contributed by atoms with Crippen LogP contribution in [-0.2, 0) is 9.53 Å². The Morgan fingerprint density at radius 3 is 2.62 bits per heavy atom. The Hall–Kier alpha value is -1.30. The van der Waals surface area contributed by atoms with E-state index in [4.69, 9.17) is 4.74 Å². The Bertz CT molecular complexity index is 514. The number of carbonyl (C=O) groups excluding carboxylic acids is 2. The Balaban J connectivity index is 1.48. The van der Waals surface area contributed by atoms with Gasteiger partial charge in [-0.2, -0.15) is 0 Å². The lowest BCUT2D eigenvalue weighted by atomic mass is 9.90. The summed E-state index contributed by atoms with van der Waals surface area (Å²) in [5, 5.41) is 0. The molecule has 2 amide bonds. The highest BCUT2D eigenvalue weighted by Crippen LogP contribution is 2.34. The van der Waals surface area contributed by atoms with Gasteiger partial charge in [0.25, 0.3) is 0 Å². The number of amides is 2. The van der Waals surface area contributed by atoms with Gasteiger partial charge in [-0.1, -0.05) is 20.3 Å². The first-order chi connectivity index (χ1) is 12.4. The number of likely N-dealkylation sites (tertiary alicyclic amines) is 2. The third-order valence-electron chi connectivity index (χ3n) is 6.38. The van der Waals surface area contributed by atoms with E-state index < -0.39 is 0 Å². The molecule has 0 aromatic rings. The lowest BCUT2D eigenvalue weighted by Crippen LogP contribution is -2.50. The highest BCUT2D eigenvalue weighted by atomic mass is 16.6. The molecule has 0 saturated carbocycles. The van der Waals surface area contributed by atoms with Gasteiger partial charge in [-0.25, -0.2) is 4.79 Å². The predicted octanol–water partition coefficient (Wildman–Crippen LogP) is 2.72. The van der Waals surface area contributed by atoms with E-state index in [1.165, 1.54) is 12.8 Å². The largest absolute Gasteiger partial charge is 0.441 e. The molecule has 3 heterocycles. The van der Waals surface area contributed by atoms with Crippen molar-refractivity contribution in [2.75, 3.05) is 39.8 Å². The Labute approximate surface area is 157 Å². The van der Waals surface area contributed by atoms with E-state index in [1.54, 1.807) is 0 Å². The Kier molecular flexibility index (Phi) is 6.10. The molecule has 0 aliphatic carbocycles. The second kappa shape index (κ2) is 8.15. The van der Waals surface area contributed by atoms with Gasteiger partial charge in [-0.05, 0) is 38.8 Å². The number of hydrogen-bond acceptors (Lipinski definition) is 4. The standard InChI is InChI=1S/C20H35N3O3/c1-16(2)7-11-23-15-20(26-19(23)25)8-12-22(13-9-20)18(24)14-17-6-4-5-10-21(17)3/h16-17H,4-15H2,1-3H3/t17-/m0/s1. The zero-order valence-corrected chi connectivity index (χ0v) is 16.7. The highest BCUT2D eigenvalue weighted by molar-refractivity contribution is 5.77. The average Bonchev–Trinajstić information content (AvgIpc) is 2.91. The molecule has 6 heteroatoms. The number of carbonyl (C=O) groups is 2. The summed E-state index contributed by atoms with van der Waals surface area (Å²) in [6.45, 7) is 8.32. The number of ether oxygens (including phenoxy) is 1. The molecule has 1 atom stereocenters. The smallest absolute Gasteiger partial charge is 0.410 e. The van der Waals surface area contributed by atoms with Crippen LogP contribution in [0.15, 0.2) is 0 Å². The fourth-order valence-electron chi connectivity index (χ4n) is 4.44. The number of piperidine rings is 2. The summed E-state index contributed by atoms with van der Waals surface area (Å²) in [5.74, 6) is 0.844. The molecule has 0 unspecified atom stereocenters. The third-order valence-corrected chi connectivity index (χ3v) is 6.38. The van der Waals surface area contributed by atoms with Crippen molar-refractivity contribution in [2.45, 2.75) is 70.4 Å². The van der Waals surface area contributed by atoms with Crippen LogP contribution in [0.4, 0.5) is 4.79 Å². The van der Waals surface area contributed by atoms with Crippen LogP contribution < -0.4 is 0 Å². The minimum Gasteiger partial charge on any atom is -0.441 e. The molecule has 3 fully saturated rings. The van der Waals surface area contributed by atoms with Crippen LogP contribution in [0.2, 0.25) is 0 Å². The third kappa shape index (κ3) is 4.51. The maximum Gasteiger partial charge on any atom is 0.410 e. The van der Waals surface area contributed by atoms with Gasteiger partial charge < -0.3 is 19.4 Å². The summed E-state index contributed by atoms with van der Waals surface area (Å²) < 4.78 is 5.77. The van der Waals surface area contributed by atoms with Crippen molar-refractivity contribution >= 4 is 12.0 Å². The van der Waals surface area contributed by atoms with Crippen molar-refractivity contribution in [3.05, 3.63) is 0 Å². The van der Waals surface area contributed by atoms with E-state index in [9.17, 15) is 9.59 Å². The molecule has 0 aromatic carbocycles. The van der Waals surface area contributed by atoms with Crippen molar-refractivity contribution in [3.63, 3.8) is 0 Å². The van der Waals surface area contributed by atoms with Crippen LogP contribution in [0.25, 0.3) is 0 Å². The lowest BCUT2D eigenvalue weighted by molar-refractivity contribution is -0.136. The Morgan fingerprint density at radius 1 is 1.23 bits per heavy atom. The van der Waals surface area contributed by atoms with E-state index in [2.05, 4.69) is 25.8 Å². The van der Waals surface area contributed by atoms with Crippen molar-refractivity contribution < 1.29 is 14.3 Å². The summed E-state index contributed by atoms with van der Waals surface area (Å²) >= 11 is 0. The summed E-state index contributed by atoms with van der Waals surface area (Å²) in [5.41, 5.74) is -0.369. The van der Waals surface area contributed by atoms with Crippen molar-refractivity contribution in [2.24, 2.45) is 5.92 Å². The van der Waals surface area contributed by atoms with E-state index >= 15 is 0 Å². The van der Waals surface area contributed by atoms with Gasteiger partial charge in [-0.15, -0.1) is 0 Å². The van der Waals surface area contributed by atoms with Crippen LogP contribution in [-0.4, -0.2) is 78.1 Å². The molecule has 1 spiro atoms. The Morgan fingerprint density at radius 2 is 1.96 bits per heavy atom. The van der Waals surface area contributed by atoms with Crippen LogP contribution in [0.3, 0.4) is 0 Å². The molecule has 6 nitrogen and oxygen atoms in total. The number of hydrogen-bond donors (Lipinski definition) is 0. The molecule has 3 rings (SSSR count). The second-order valence-corrected chi connectivity index (χ2v) is 8.87. The fourth-order valence-corrected chi connectivity index (χ4v) is 4.44. The first kappa shape index (κ1) is 19.5. The summed E-state index contributed by atoms with van der Waals surface area (Å²) in [6, 6.07) is 0.392. The summed E-state index contributed by atoms with van der Waals surface area (Å²) in [7, 11) is 2.13. The SMILES string of the molecule is CC(C)CCN1CC2(CCN(C(=O)C[C@@H]3CCCCN3C)CC2)OC1=O. The molecule has 0 N–H and O–H groups in total. The van der Waals surface area contributed by atoms with Crippen molar-refractivity contribution in [1.82, 2.24) is 14.7 Å². The first-order valence-corrected chi connectivity index (χ1v) is 10.3. The van der Waals surface area contributed by atoms with Crippen LogP contribution in [0, 0.1) is 5.92 Å². The van der Waals surface area contributed by atoms with Gasteiger partial charge in [0.05, 0.1) is 6.54 Å². The fraction of sp³-hybridized carbons (Fsp3) is 0.900. The topological polar surface area (TPSA) is 53.1 Å². The molecule has 0 bridgehead atoms. The summed E-state index contributed by atoms with van der Waals surface area (Å²) in [4.78, 5) is 31.1. The summed E-state index contributed by atoms with van der Waals surface area (Å²) in [6.07, 6.45) is 6.59. The van der Waals surface area contributed by atoms with Gasteiger partial charge in [0.15, 0.2) is 0 Å². The minimum atomic E-state index is -0.369. The highest BCUT2D eigenvalue weighted by Gasteiger charge is 2.47. The maximum absolute atomic E-state index is 12.7. The molecule has 148 valence electrons. The molecule has 3 saturated heterocycles. The molecular weight excluding hydrogens is 330 g/mol. The molecule has 26 heavy (non-hydrogen) atoms. The van der Waals surface area contributed by atoms with E-state index in [0.29, 0.717) is 38.0 Å². The van der Waals surface area contributed by atoms with Crippen molar-refractivity contribution in [3.8, 4) is 0 Å². The predicted molar refractivity (Wildman–Crippen MR) is 101 cm³/mol. The average molecular weight is 366 g/mol. The van der Waals surface area contributed by atoms with Gasteiger partial charge >= 0.3 is 6.09 Å². The van der Waals surface area contributed by atoms with Gasteiger partial charge in [0, 0.05) is 44.9 Å². The zero-order valence-electron chi connectivity index (χ0n) is 16.7. The quantitative estimate of drug-likeness (QED) is 0.752. The minimum absolute atomic E-state index is 0.172. The zero-order chi connectivity index (χ0) is 18.7.